The van der Waals surface area contributed by atoms with Crippen molar-refractivity contribution in [2.75, 3.05) is 31.3 Å². The van der Waals surface area contributed by atoms with Gasteiger partial charge in [0.2, 0.25) is 12.7 Å². The van der Waals surface area contributed by atoms with Crippen LogP contribution in [0, 0.1) is 5.92 Å². The van der Waals surface area contributed by atoms with Gasteiger partial charge >= 0.3 is 0 Å². The van der Waals surface area contributed by atoms with Crippen molar-refractivity contribution in [1.82, 2.24) is 14.9 Å². The molecule has 5 heterocycles. The summed E-state index contributed by atoms with van der Waals surface area (Å²) < 4.78 is 10.8. The first-order valence-electron chi connectivity index (χ1n) is 9.45. The number of rotatable bonds is 3. The minimum atomic E-state index is 0.185. The molecule has 1 amide bonds. The summed E-state index contributed by atoms with van der Waals surface area (Å²) in [6, 6.07) is 5.98. The highest BCUT2D eigenvalue weighted by atomic mass is 16.7. The minimum absolute atomic E-state index is 0.185. The second-order valence-corrected chi connectivity index (χ2v) is 7.48. The van der Waals surface area contributed by atoms with Crippen molar-refractivity contribution in [3.8, 4) is 11.5 Å². The molecule has 0 saturated carbocycles. The number of aromatic nitrogens is 2. The van der Waals surface area contributed by atoms with Crippen molar-refractivity contribution in [1.29, 1.82) is 0 Å². The summed E-state index contributed by atoms with van der Waals surface area (Å²) in [6.07, 6.45) is 7.83. The third-order valence-corrected chi connectivity index (χ3v) is 5.70. The summed E-state index contributed by atoms with van der Waals surface area (Å²) in [5.41, 5.74) is 0.968. The van der Waals surface area contributed by atoms with Gasteiger partial charge in [-0.15, -0.1) is 0 Å². The molecule has 1 aromatic carbocycles. The molecule has 27 heavy (non-hydrogen) atoms. The largest absolute Gasteiger partial charge is 0.454 e. The molecule has 1 aromatic heterocycles. The molecule has 3 saturated heterocycles. The Morgan fingerprint density at radius 1 is 1.11 bits per heavy atom. The first-order chi connectivity index (χ1) is 13.3. The van der Waals surface area contributed by atoms with Crippen molar-refractivity contribution in [2.24, 2.45) is 5.92 Å². The van der Waals surface area contributed by atoms with Crippen LogP contribution < -0.4 is 14.4 Å². The first-order valence-corrected chi connectivity index (χ1v) is 9.45. The number of benzene rings is 1. The molecule has 4 aliphatic heterocycles. The average Bonchev–Trinajstić information content (AvgIpc) is 2.97. The maximum atomic E-state index is 13.1. The average molecular weight is 366 g/mol. The van der Waals surface area contributed by atoms with Crippen molar-refractivity contribution in [3.05, 3.63) is 42.4 Å². The Kier molecular flexibility index (Phi) is 4.07. The van der Waals surface area contributed by atoms with E-state index in [4.69, 9.17) is 9.47 Å². The molecule has 2 bridgehead atoms. The third-order valence-electron chi connectivity index (χ3n) is 5.70. The number of carbonyl (C=O) groups excluding carboxylic acids is 1. The Morgan fingerprint density at radius 3 is 2.93 bits per heavy atom. The third kappa shape index (κ3) is 3.18. The lowest BCUT2D eigenvalue weighted by Gasteiger charge is -2.36. The van der Waals surface area contributed by atoms with Gasteiger partial charge in [-0.2, -0.15) is 0 Å². The smallest absolute Gasteiger partial charge is 0.231 e. The molecule has 140 valence electrons. The van der Waals surface area contributed by atoms with Gasteiger partial charge in [-0.25, -0.2) is 4.98 Å². The Labute approximate surface area is 157 Å². The zero-order valence-corrected chi connectivity index (χ0v) is 15.1. The van der Waals surface area contributed by atoms with Gasteiger partial charge in [0.25, 0.3) is 0 Å². The van der Waals surface area contributed by atoms with E-state index in [1.54, 1.807) is 12.4 Å². The van der Waals surface area contributed by atoms with E-state index in [0.717, 1.165) is 55.4 Å². The van der Waals surface area contributed by atoms with Crippen LogP contribution in [0.2, 0.25) is 0 Å². The minimum Gasteiger partial charge on any atom is -0.454 e. The van der Waals surface area contributed by atoms with E-state index in [1.165, 1.54) is 0 Å². The predicted molar refractivity (Wildman–Crippen MR) is 98.7 cm³/mol. The Balaban J connectivity index is 1.31. The highest BCUT2D eigenvalue weighted by Crippen LogP contribution is 2.34. The number of ether oxygens (including phenoxy) is 2. The van der Waals surface area contributed by atoms with Crippen LogP contribution >= 0.6 is 0 Å². The first kappa shape index (κ1) is 16.4. The van der Waals surface area contributed by atoms with Crippen LogP contribution in [0.3, 0.4) is 0 Å². The van der Waals surface area contributed by atoms with Crippen molar-refractivity contribution in [3.63, 3.8) is 0 Å². The lowest BCUT2D eigenvalue weighted by atomic mass is 9.94. The van der Waals surface area contributed by atoms with E-state index < -0.39 is 0 Å². The predicted octanol–water partition coefficient (Wildman–Crippen LogP) is 1.88. The van der Waals surface area contributed by atoms with Gasteiger partial charge in [-0.3, -0.25) is 9.78 Å². The molecule has 0 spiro atoms. The van der Waals surface area contributed by atoms with Crippen molar-refractivity contribution < 1.29 is 14.3 Å². The zero-order valence-electron chi connectivity index (χ0n) is 15.1. The van der Waals surface area contributed by atoms with E-state index in [0.29, 0.717) is 12.3 Å². The molecule has 2 aromatic rings. The standard InChI is InChI=1S/C20H22N4O3/c25-20(8-14-2-4-17-18(7-14)27-13-26-17)24-11-15-1-3-16(24)12-23(10-15)19-9-21-5-6-22-19/h2,4-7,9,15-16H,1,3,8,10-13H2. The maximum absolute atomic E-state index is 13.1. The molecule has 6 rings (SSSR count). The van der Waals surface area contributed by atoms with E-state index in [2.05, 4.69) is 19.8 Å². The Hall–Kier alpha value is -2.83. The number of piperidine rings is 1. The molecular weight excluding hydrogens is 344 g/mol. The molecule has 7 heteroatoms. The second-order valence-electron chi connectivity index (χ2n) is 7.48. The van der Waals surface area contributed by atoms with E-state index in [9.17, 15) is 4.79 Å². The molecule has 2 atom stereocenters. The highest BCUT2D eigenvalue weighted by molar-refractivity contribution is 5.79. The van der Waals surface area contributed by atoms with Gasteiger partial charge in [0.15, 0.2) is 11.5 Å². The van der Waals surface area contributed by atoms with Gasteiger partial charge < -0.3 is 19.3 Å². The van der Waals surface area contributed by atoms with Gasteiger partial charge in [-0.1, -0.05) is 6.07 Å². The topological polar surface area (TPSA) is 67.8 Å². The zero-order chi connectivity index (χ0) is 18.2. The van der Waals surface area contributed by atoms with Crippen LogP contribution in [0.25, 0.3) is 0 Å². The lowest BCUT2D eigenvalue weighted by molar-refractivity contribution is -0.134. The highest BCUT2D eigenvalue weighted by Gasteiger charge is 2.37. The van der Waals surface area contributed by atoms with Crippen LogP contribution in [0.15, 0.2) is 36.8 Å². The number of hydrogen-bond donors (Lipinski definition) is 0. The van der Waals surface area contributed by atoms with E-state index in [1.807, 2.05) is 24.4 Å². The van der Waals surface area contributed by atoms with E-state index in [-0.39, 0.29) is 18.7 Å². The fourth-order valence-corrected chi connectivity index (χ4v) is 4.36. The number of fused-ring (bicyclic) bond motifs is 5. The lowest BCUT2D eigenvalue weighted by Crippen LogP contribution is -2.48. The van der Waals surface area contributed by atoms with E-state index >= 15 is 0 Å². The van der Waals surface area contributed by atoms with Crippen LogP contribution in [0.4, 0.5) is 5.82 Å². The Morgan fingerprint density at radius 2 is 2.04 bits per heavy atom. The number of hydrogen-bond acceptors (Lipinski definition) is 6. The van der Waals surface area contributed by atoms with Gasteiger partial charge in [0.05, 0.1) is 12.6 Å². The molecular formula is C20H22N4O3. The molecule has 0 aliphatic carbocycles. The number of anilines is 1. The van der Waals surface area contributed by atoms with Gasteiger partial charge in [0.1, 0.15) is 5.82 Å². The van der Waals surface area contributed by atoms with Crippen LogP contribution in [0.1, 0.15) is 18.4 Å². The summed E-state index contributed by atoms with van der Waals surface area (Å²) in [7, 11) is 0. The normalized spacial score (nSPS) is 23.4. The number of carbonyl (C=O) groups is 1. The van der Waals surface area contributed by atoms with Crippen LogP contribution in [-0.4, -0.2) is 53.2 Å². The molecule has 4 aliphatic rings. The number of nitrogens with zero attached hydrogens (tertiary/aromatic N) is 4. The fraction of sp³-hybridized carbons (Fsp3) is 0.450. The second kappa shape index (κ2) is 6.72. The molecule has 0 radical (unpaired) electrons. The maximum Gasteiger partial charge on any atom is 0.231 e. The summed E-state index contributed by atoms with van der Waals surface area (Å²) in [4.78, 5) is 26.1. The Bertz CT molecular complexity index is 844. The van der Waals surface area contributed by atoms with Gasteiger partial charge in [-0.05, 0) is 36.5 Å². The monoisotopic (exact) mass is 366 g/mol. The van der Waals surface area contributed by atoms with Crippen LogP contribution in [0.5, 0.6) is 11.5 Å². The number of amides is 1. The molecule has 3 fully saturated rings. The summed E-state index contributed by atoms with van der Waals surface area (Å²) in [6.45, 7) is 2.83. The quantitative estimate of drug-likeness (QED) is 0.826. The fourth-order valence-electron chi connectivity index (χ4n) is 4.36. The molecule has 2 unspecified atom stereocenters. The van der Waals surface area contributed by atoms with Crippen molar-refractivity contribution in [2.45, 2.75) is 25.3 Å². The van der Waals surface area contributed by atoms with Gasteiger partial charge in [0, 0.05) is 38.1 Å². The van der Waals surface area contributed by atoms with Crippen LogP contribution in [-0.2, 0) is 11.2 Å². The molecule has 7 nitrogen and oxygen atoms in total. The summed E-state index contributed by atoms with van der Waals surface area (Å²) >= 11 is 0. The molecule has 0 N–H and O–H groups in total. The van der Waals surface area contributed by atoms with Crippen molar-refractivity contribution >= 4 is 11.7 Å². The SMILES string of the molecule is O=C(Cc1ccc2c(c1)OCO2)N1CC2CCC1CN(c1cnccn1)C2. The summed E-state index contributed by atoms with van der Waals surface area (Å²) in [5, 5.41) is 0. The summed E-state index contributed by atoms with van der Waals surface area (Å²) in [5.74, 6) is 3.04.